The molecular formula is C23H22Cl2N2O2. The number of allylic oxidation sites excluding steroid dienone is 2. The Labute approximate surface area is 180 Å². The molecule has 1 unspecified atom stereocenters. The molecule has 29 heavy (non-hydrogen) atoms. The number of hydrogen-bond donors (Lipinski definition) is 1. The Morgan fingerprint density at radius 2 is 1.93 bits per heavy atom. The third-order valence-electron chi connectivity index (χ3n) is 5.74. The Balaban J connectivity index is 1.52. The highest BCUT2D eigenvalue weighted by atomic mass is 35.5. The third-order valence-corrected chi connectivity index (χ3v) is 6.29. The van der Waals surface area contributed by atoms with E-state index in [1.54, 1.807) is 18.2 Å². The standard InChI is InChI=1S/C23H22Cl2N2O2/c24-17-9-10-20(19(25)13-17)26-22(28)18-8-4-7-16-11-12-27(23(29)21(16)18)14-15-5-2-1-3-6-15/h1-7,9-10,13,16,18,21H,8,11-12,14H2,(H,26,28)/t16-,18?,21+/m1/s1. The van der Waals surface area contributed by atoms with Crippen LogP contribution in [0.3, 0.4) is 0 Å². The van der Waals surface area contributed by atoms with Crippen molar-refractivity contribution in [3.8, 4) is 0 Å². The first-order valence-electron chi connectivity index (χ1n) is 9.78. The average molecular weight is 429 g/mol. The van der Waals surface area contributed by atoms with Gasteiger partial charge in [0.15, 0.2) is 0 Å². The van der Waals surface area contributed by atoms with Crippen molar-refractivity contribution in [2.75, 3.05) is 11.9 Å². The highest BCUT2D eigenvalue weighted by Crippen LogP contribution is 2.38. The average Bonchev–Trinajstić information content (AvgIpc) is 2.72. The molecule has 6 heteroatoms. The highest BCUT2D eigenvalue weighted by molar-refractivity contribution is 6.36. The van der Waals surface area contributed by atoms with Gasteiger partial charge in [0.2, 0.25) is 11.8 Å². The molecule has 4 nitrogen and oxygen atoms in total. The van der Waals surface area contributed by atoms with Crippen molar-refractivity contribution in [3.05, 3.63) is 76.3 Å². The lowest BCUT2D eigenvalue weighted by molar-refractivity contribution is -0.147. The van der Waals surface area contributed by atoms with Crippen LogP contribution in [0.1, 0.15) is 18.4 Å². The lowest BCUT2D eigenvalue weighted by Crippen LogP contribution is -2.50. The number of anilines is 1. The van der Waals surface area contributed by atoms with E-state index in [2.05, 4.69) is 11.4 Å². The van der Waals surface area contributed by atoms with Gasteiger partial charge in [-0.05, 0) is 42.5 Å². The molecule has 0 saturated carbocycles. The van der Waals surface area contributed by atoms with Crippen molar-refractivity contribution in [3.63, 3.8) is 0 Å². The molecule has 1 aliphatic heterocycles. The van der Waals surface area contributed by atoms with Crippen LogP contribution >= 0.6 is 23.2 Å². The molecule has 3 atom stereocenters. The van der Waals surface area contributed by atoms with Crippen LogP contribution in [-0.4, -0.2) is 23.3 Å². The fourth-order valence-electron chi connectivity index (χ4n) is 4.27. The fraction of sp³-hybridized carbons (Fsp3) is 0.304. The van der Waals surface area contributed by atoms with Crippen molar-refractivity contribution in [2.45, 2.75) is 19.4 Å². The van der Waals surface area contributed by atoms with Crippen molar-refractivity contribution < 1.29 is 9.59 Å². The monoisotopic (exact) mass is 428 g/mol. The largest absolute Gasteiger partial charge is 0.338 e. The number of nitrogens with zero attached hydrogens (tertiary/aromatic N) is 1. The van der Waals surface area contributed by atoms with Gasteiger partial charge < -0.3 is 10.2 Å². The van der Waals surface area contributed by atoms with E-state index >= 15 is 0 Å². The van der Waals surface area contributed by atoms with Crippen LogP contribution in [0.4, 0.5) is 5.69 Å². The van der Waals surface area contributed by atoms with E-state index in [1.807, 2.05) is 41.3 Å². The zero-order valence-electron chi connectivity index (χ0n) is 15.9. The predicted octanol–water partition coefficient (Wildman–Crippen LogP) is 5.17. The molecule has 2 aromatic rings. The number of benzene rings is 2. The highest BCUT2D eigenvalue weighted by Gasteiger charge is 2.44. The lowest BCUT2D eigenvalue weighted by atomic mass is 9.71. The van der Waals surface area contributed by atoms with E-state index < -0.39 is 5.92 Å². The Hall–Kier alpha value is -2.30. The van der Waals surface area contributed by atoms with Crippen LogP contribution in [0.15, 0.2) is 60.7 Å². The van der Waals surface area contributed by atoms with Gasteiger partial charge in [-0.1, -0.05) is 65.7 Å². The van der Waals surface area contributed by atoms with Gasteiger partial charge in [0.1, 0.15) is 0 Å². The van der Waals surface area contributed by atoms with Gasteiger partial charge >= 0.3 is 0 Å². The number of hydrogen-bond acceptors (Lipinski definition) is 2. The van der Waals surface area contributed by atoms with Crippen LogP contribution in [0.2, 0.25) is 10.0 Å². The maximum absolute atomic E-state index is 13.3. The van der Waals surface area contributed by atoms with Gasteiger partial charge in [0.25, 0.3) is 0 Å². The molecule has 2 amide bonds. The minimum Gasteiger partial charge on any atom is -0.338 e. The molecule has 0 bridgehead atoms. The second-order valence-electron chi connectivity index (χ2n) is 7.61. The zero-order chi connectivity index (χ0) is 20.4. The number of halogens is 2. The molecule has 150 valence electrons. The molecule has 0 aromatic heterocycles. The summed E-state index contributed by atoms with van der Waals surface area (Å²) in [4.78, 5) is 28.3. The summed E-state index contributed by atoms with van der Waals surface area (Å²) < 4.78 is 0. The van der Waals surface area contributed by atoms with E-state index in [9.17, 15) is 9.59 Å². The second-order valence-corrected chi connectivity index (χ2v) is 8.45. The predicted molar refractivity (Wildman–Crippen MR) is 116 cm³/mol. The molecule has 1 heterocycles. The minimum atomic E-state index is -0.414. The van der Waals surface area contributed by atoms with Crippen molar-refractivity contribution in [1.29, 1.82) is 0 Å². The number of amides is 2. The SMILES string of the molecule is O=C(Nc1ccc(Cl)cc1Cl)C1CC=C[C@@H]2CCN(Cc3ccccc3)C(=O)[C@H]12. The van der Waals surface area contributed by atoms with E-state index in [4.69, 9.17) is 23.2 Å². The van der Waals surface area contributed by atoms with Crippen molar-refractivity contribution in [2.24, 2.45) is 17.8 Å². The van der Waals surface area contributed by atoms with Gasteiger partial charge in [-0.2, -0.15) is 0 Å². The fourth-order valence-corrected chi connectivity index (χ4v) is 4.72. The number of carbonyl (C=O) groups is 2. The number of carbonyl (C=O) groups excluding carboxylic acids is 2. The van der Waals surface area contributed by atoms with Crippen LogP contribution < -0.4 is 5.32 Å². The first-order chi connectivity index (χ1) is 14.0. The molecule has 1 N–H and O–H groups in total. The first kappa shape index (κ1) is 20.0. The second kappa shape index (κ2) is 8.60. The minimum absolute atomic E-state index is 0.0526. The lowest BCUT2D eigenvalue weighted by Gasteiger charge is -2.41. The topological polar surface area (TPSA) is 49.4 Å². The van der Waals surface area contributed by atoms with Crippen LogP contribution in [0.25, 0.3) is 0 Å². The molecule has 1 saturated heterocycles. The van der Waals surface area contributed by atoms with E-state index in [-0.39, 0.29) is 23.7 Å². The molecule has 2 aliphatic rings. The maximum atomic E-state index is 13.3. The summed E-state index contributed by atoms with van der Waals surface area (Å²) in [6.07, 6.45) is 5.53. The number of rotatable bonds is 4. The van der Waals surface area contributed by atoms with E-state index in [0.29, 0.717) is 35.2 Å². The number of likely N-dealkylation sites (tertiary alicyclic amines) is 1. The first-order valence-corrected chi connectivity index (χ1v) is 10.5. The molecule has 2 aromatic carbocycles. The van der Waals surface area contributed by atoms with Gasteiger partial charge in [-0.3, -0.25) is 9.59 Å². The summed E-state index contributed by atoms with van der Waals surface area (Å²) in [5.41, 5.74) is 1.61. The number of piperidine rings is 1. The Kier molecular flexibility index (Phi) is 5.93. The number of nitrogens with one attached hydrogen (secondary N) is 1. The zero-order valence-corrected chi connectivity index (χ0v) is 17.4. The normalized spacial score (nSPS) is 23.6. The van der Waals surface area contributed by atoms with E-state index in [0.717, 1.165) is 12.0 Å². The third kappa shape index (κ3) is 4.34. The van der Waals surface area contributed by atoms with Crippen LogP contribution in [0, 0.1) is 17.8 Å². The van der Waals surface area contributed by atoms with Gasteiger partial charge in [-0.25, -0.2) is 0 Å². The Morgan fingerprint density at radius 1 is 1.14 bits per heavy atom. The van der Waals surface area contributed by atoms with E-state index in [1.165, 1.54) is 0 Å². The van der Waals surface area contributed by atoms with Crippen LogP contribution in [-0.2, 0) is 16.1 Å². The van der Waals surface area contributed by atoms with Crippen LogP contribution in [0.5, 0.6) is 0 Å². The van der Waals surface area contributed by atoms with Gasteiger partial charge in [0, 0.05) is 18.1 Å². The Bertz CT molecular complexity index is 945. The van der Waals surface area contributed by atoms with Gasteiger partial charge in [-0.15, -0.1) is 0 Å². The summed E-state index contributed by atoms with van der Waals surface area (Å²) in [6, 6.07) is 14.9. The quantitative estimate of drug-likeness (QED) is 0.682. The molecule has 0 radical (unpaired) electrons. The summed E-state index contributed by atoms with van der Waals surface area (Å²) in [6.45, 7) is 1.28. The van der Waals surface area contributed by atoms with Crippen molar-refractivity contribution >= 4 is 40.7 Å². The van der Waals surface area contributed by atoms with Crippen molar-refractivity contribution in [1.82, 2.24) is 4.90 Å². The Morgan fingerprint density at radius 3 is 2.69 bits per heavy atom. The summed E-state index contributed by atoms with van der Waals surface area (Å²) in [7, 11) is 0. The molecule has 0 spiro atoms. The maximum Gasteiger partial charge on any atom is 0.228 e. The smallest absolute Gasteiger partial charge is 0.228 e. The summed E-state index contributed by atoms with van der Waals surface area (Å²) in [5, 5.41) is 3.78. The number of fused-ring (bicyclic) bond motifs is 1. The van der Waals surface area contributed by atoms with Gasteiger partial charge in [0.05, 0.1) is 22.5 Å². The summed E-state index contributed by atoms with van der Waals surface area (Å²) >= 11 is 12.1. The molecule has 1 fully saturated rings. The summed E-state index contributed by atoms with van der Waals surface area (Å²) in [5.74, 6) is -0.786. The molecule has 4 rings (SSSR count). The molecular weight excluding hydrogens is 407 g/mol. The molecule has 1 aliphatic carbocycles.